The van der Waals surface area contributed by atoms with Crippen LogP contribution in [0.5, 0.6) is 0 Å². The maximum atomic E-state index is 6.72. The highest BCUT2D eigenvalue weighted by molar-refractivity contribution is 9.10. The maximum Gasteiger partial charge on any atom is 0.329 e. The molecule has 0 saturated carbocycles. The van der Waals surface area contributed by atoms with Gasteiger partial charge in [0.25, 0.3) is 0 Å². The van der Waals surface area contributed by atoms with Crippen molar-refractivity contribution in [3.8, 4) is 5.69 Å². The molecular weight excluding hydrogens is 402 g/mol. The summed E-state index contributed by atoms with van der Waals surface area (Å²) in [5.74, 6) is 1.34. The molecule has 132 valence electrons. The number of aromatic nitrogens is 3. The van der Waals surface area contributed by atoms with Gasteiger partial charge in [0.15, 0.2) is 0 Å². The van der Waals surface area contributed by atoms with Gasteiger partial charge in [0, 0.05) is 35.8 Å². The predicted octanol–water partition coefficient (Wildman–Crippen LogP) is 2.87. The molecule has 25 heavy (non-hydrogen) atoms. The Balaban J connectivity index is 1.93. The molecule has 1 aromatic heterocycles. The van der Waals surface area contributed by atoms with Gasteiger partial charge in [0.05, 0.1) is 12.1 Å². The average molecular weight is 424 g/mol. The Morgan fingerprint density at radius 2 is 2.08 bits per heavy atom. The molecule has 0 aliphatic carbocycles. The van der Waals surface area contributed by atoms with Gasteiger partial charge in [-0.2, -0.15) is 4.57 Å². The third kappa shape index (κ3) is 3.00. The highest BCUT2D eigenvalue weighted by Crippen LogP contribution is 2.36. The number of rotatable bonds is 1. The van der Waals surface area contributed by atoms with E-state index in [4.69, 9.17) is 16.7 Å². The van der Waals surface area contributed by atoms with Gasteiger partial charge in [0.1, 0.15) is 11.4 Å². The molecule has 4 rings (SSSR count). The van der Waals surface area contributed by atoms with Gasteiger partial charge in [-0.3, -0.25) is 0 Å². The summed E-state index contributed by atoms with van der Waals surface area (Å²) in [6, 6.07) is 4.21. The zero-order valence-corrected chi connectivity index (χ0v) is 16.8. The Morgan fingerprint density at radius 1 is 1.32 bits per heavy atom. The number of nitrogens with one attached hydrogen (secondary N) is 1. The van der Waals surface area contributed by atoms with Gasteiger partial charge in [-0.15, -0.1) is 4.68 Å². The lowest BCUT2D eigenvalue weighted by Gasteiger charge is -2.31. The van der Waals surface area contributed by atoms with E-state index in [2.05, 4.69) is 49.8 Å². The van der Waals surface area contributed by atoms with Crippen LogP contribution in [0.25, 0.3) is 11.4 Å². The van der Waals surface area contributed by atoms with Crippen LogP contribution < -0.4 is 9.88 Å². The smallest absolute Gasteiger partial charge is 0.329 e. The lowest BCUT2D eigenvalue weighted by molar-refractivity contribution is -0.600. The number of aryl methyl sites for hydroxylation is 1. The number of fused-ring (bicyclic) bond motifs is 3. The fourth-order valence-corrected chi connectivity index (χ4v) is 4.25. The number of halogens is 2. The second kappa shape index (κ2) is 6.74. The standard InChI is InChI=1S/C18H22BrClN5/c1-12-3-6-15(24-9-7-21-8-10-24)18-22-23(2)11-25(18)17-13(12)4-5-14(19)16(17)20/h4-6,11-12,21H,3,7-10H2,1-2H3/q+1. The van der Waals surface area contributed by atoms with Crippen LogP contribution in [0.1, 0.15) is 30.7 Å². The van der Waals surface area contributed by atoms with Crippen molar-refractivity contribution in [2.24, 2.45) is 7.05 Å². The third-order valence-electron chi connectivity index (χ3n) is 4.99. The first-order chi connectivity index (χ1) is 12.1. The van der Waals surface area contributed by atoms with Crippen LogP contribution >= 0.6 is 27.5 Å². The van der Waals surface area contributed by atoms with Crippen LogP contribution in [0.3, 0.4) is 0 Å². The second-order valence-corrected chi connectivity index (χ2v) is 7.98. The molecule has 0 radical (unpaired) electrons. The molecule has 5 nitrogen and oxygen atoms in total. The molecule has 2 aliphatic heterocycles. The Bertz CT molecular complexity index is 838. The first-order valence-corrected chi connectivity index (χ1v) is 9.83. The van der Waals surface area contributed by atoms with Gasteiger partial charge < -0.3 is 10.2 Å². The van der Waals surface area contributed by atoms with E-state index in [9.17, 15) is 0 Å². The lowest BCUT2D eigenvalue weighted by Crippen LogP contribution is -2.45. The van der Waals surface area contributed by atoms with Crippen LogP contribution in [-0.2, 0) is 7.05 Å². The van der Waals surface area contributed by atoms with Crippen LogP contribution in [0.4, 0.5) is 0 Å². The van der Waals surface area contributed by atoms with E-state index in [-0.39, 0.29) is 0 Å². The number of nitrogens with zero attached hydrogens (tertiary/aromatic N) is 4. The van der Waals surface area contributed by atoms with E-state index in [0.717, 1.165) is 53.6 Å². The Labute approximate surface area is 161 Å². The molecule has 1 atom stereocenters. The van der Waals surface area contributed by atoms with Gasteiger partial charge in [0.2, 0.25) is 6.33 Å². The van der Waals surface area contributed by atoms with Crippen molar-refractivity contribution >= 4 is 33.2 Å². The third-order valence-corrected chi connectivity index (χ3v) is 6.26. The summed E-state index contributed by atoms with van der Waals surface area (Å²) in [7, 11) is 1.96. The number of piperazine rings is 1. The van der Waals surface area contributed by atoms with Gasteiger partial charge in [-0.1, -0.05) is 30.7 Å². The molecular formula is C18H22BrClN5+. The zero-order valence-electron chi connectivity index (χ0n) is 14.5. The minimum absolute atomic E-state index is 0.388. The zero-order chi connectivity index (χ0) is 17.6. The molecule has 3 heterocycles. The van der Waals surface area contributed by atoms with E-state index in [1.54, 1.807) is 0 Å². The topological polar surface area (TPSA) is 37.0 Å². The number of allylic oxidation sites excluding steroid dienone is 1. The van der Waals surface area contributed by atoms with Crippen molar-refractivity contribution in [3.63, 3.8) is 0 Å². The summed E-state index contributed by atoms with van der Waals surface area (Å²) >= 11 is 10.3. The first-order valence-electron chi connectivity index (χ1n) is 8.66. The molecule has 0 spiro atoms. The Kier molecular flexibility index (Phi) is 4.60. The highest BCUT2D eigenvalue weighted by Gasteiger charge is 2.32. The highest BCUT2D eigenvalue weighted by atomic mass is 79.9. The summed E-state index contributed by atoms with van der Waals surface area (Å²) in [4.78, 5) is 2.43. The maximum absolute atomic E-state index is 6.72. The van der Waals surface area contributed by atoms with Crippen LogP contribution in [0, 0.1) is 0 Å². The van der Waals surface area contributed by atoms with Gasteiger partial charge >= 0.3 is 5.82 Å². The van der Waals surface area contributed by atoms with E-state index in [0.29, 0.717) is 5.92 Å². The Morgan fingerprint density at radius 3 is 2.84 bits per heavy atom. The molecule has 1 aromatic carbocycles. The monoisotopic (exact) mass is 422 g/mol. The summed E-state index contributed by atoms with van der Waals surface area (Å²) < 4.78 is 4.92. The molecule has 0 amide bonds. The van der Waals surface area contributed by atoms with Crippen molar-refractivity contribution < 1.29 is 4.57 Å². The molecule has 2 aliphatic rings. The molecule has 1 N–H and O–H groups in total. The summed E-state index contributed by atoms with van der Waals surface area (Å²) in [5.41, 5.74) is 3.49. The van der Waals surface area contributed by atoms with Crippen LogP contribution in [0.15, 0.2) is 29.0 Å². The lowest BCUT2D eigenvalue weighted by atomic mass is 9.94. The Hall–Kier alpha value is -1.37. The van der Waals surface area contributed by atoms with Crippen LogP contribution in [-0.4, -0.2) is 40.9 Å². The van der Waals surface area contributed by atoms with E-state index >= 15 is 0 Å². The van der Waals surface area contributed by atoms with Gasteiger partial charge in [-0.25, -0.2) is 0 Å². The van der Waals surface area contributed by atoms with Crippen molar-refractivity contribution in [2.75, 3.05) is 26.2 Å². The fourth-order valence-electron chi connectivity index (χ4n) is 3.66. The van der Waals surface area contributed by atoms with E-state index in [1.165, 1.54) is 11.3 Å². The summed E-state index contributed by atoms with van der Waals surface area (Å²) in [5, 5.41) is 8.94. The largest absolute Gasteiger partial charge is 0.364 e. The molecule has 1 unspecified atom stereocenters. The number of hydrogen-bond acceptors (Lipinski definition) is 3. The molecule has 1 saturated heterocycles. The molecule has 2 aromatic rings. The fraction of sp³-hybridized carbons (Fsp3) is 0.444. The SMILES string of the molecule is CC1CC=C(N2CCNCC2)c2nn(C)c[n+]2-c2c1ccc(Br)c2Cl. The van der Waals surface area contributed by atoms with Crippen molar-refractivity contribution in [2.45, 2.75) is 19.3 Å². The van der Waals surface area contributed by atoms with Crippen molar-refractivity contribution in [3.05, 3.63) is 45.4 Å². The number of hydrogen-bond donors (Lipinski definition) is 1. The van der Waals surface area contributed by atoms with E-state index in [1.807, 2.05) is 24.1 Å². The summed E-state index contributed by atoms with van der Waals surface area (Å²) in [6.45, 7) is 6.26. The first kappa shape index (κ1) is 17.1. The van der Waals surface area contributed by atoms with Crippen molar-refractivity contribution in [1.29, 1.82) is 0 Å². The molecule has 0 bridgehead atoms. The summed E-state index contributed by atoms with van der Waals surface area (Å²) in [6.07, 6.45) is 5.33. The average Bonchev–Trinajstić information content (AvgIpc) is 2.98. The van der Waals surface area contributed by atoms with Gasteiger partial charge in [-0.05, 0) is 39.9 Å². The van der Waals surface area contributed by atoms with E-state index < -0.39 is 0 Å². The van der Waals surface area contributed by atoms with Crippen LogP contribution in [0.2, 0.25) is 5.02 Å². The predicted molar refractivity (Wildman–Crippen MR) is 103 cm³/mol. The normalized spacial score (nSPS) is 20.4. The number of benzene rings is 1. The van der Waals surface area contributed by atoms with Crippen molar-refractivity contribution in [1.82, 2.24) is 20.0 Å². The minimum atomic E-state index is 0.388. The minimum Gasteiger partial charge on any atom is -0.364 e. The second-order valence-electron chi connectivity index (χ2n) is 6.75. The quantitative estimate of drug-likeness (QED) is 0.717. The molecule has 1 fully saturated rings. The molecule has 7 heteroatoms.